The van der Waals surface area contributed by atoms with Crippen LogP contribution >= 0.6 is 0 Å². The van der Waals surface area contributed by atoms with Crippen LogP contribution in [0.5, 0.6) is 0 Å². The molecule has 3 N–H and O–H groups in total. The Balaban J connectivity index is 1.88. The molecule has 1 aromatic rings. The van der Waals surface area contributed by atoms with Gasteiger partial charge in [0.2, 0.25) is 11.8 Å². The van der Waals surface area contributed by atoms with Gasteiger partial charge in [-0.1, -0.05) is 0 Å². The van der Waals surface area contributed by atoms with E-state index in [0.29, 0.717) is 25.3 Å². The summed E-state index contributed by atoms with van der Waals surface area (Å²) in [6, 6.07) is 7.22. The molecule has 2 rings (SSSR count). The van der Waals surface area contributed by atoms with Gasteiger partial charge < -0.3 is 20.7 Å². The molecule has 0 atom stereocenters. The third kappa shape index (κ3) is 3.79. The summed E-state index contributed by atoms with van der Waals surface area (Å²) in [7, 11) is 0. The molecular weight excluding hydrogens is 258 g/mol. The van der Waals surface area contributed by atoms with Gasteiger partial charge in [0, 0.05) is 30.9 Å². The quantitative estimate of drug-likeness (QED) is 0.751. The highest BCUT2D eigenvalue weighted by molar-refractivity contribution is 5.96. The molecule has 6 heteroatoms. The standard InChI is InChI=1S/C14H19N3O3/c15-7-9-20-10-13(18)16-11-3-5-12(6-4-11)17-8-1-2-14(17)19/h3-6H,1-2,7-10,15H2,(H,16,18). The van der Waals surface area contributed by atoms with Crippen molar-refractivity contribution in [2.24, 2.45) is 5.73 Å². The first-order chi connectivity index (χ1) is 9.70. The Morgan fingerprint density at radius 1 is 1.35 bits per heavy atom. The van der Waals surface area contributed by atoms with Crippen molar-refractivity contribution in [2.75, 3.05) is 36.5 Å². The lowest BCUT2D eigenvalue weighted by molar-refractivity contribution is -0.120. The van der Waals surface area contributed by atoms with E-state index in [2.05, 4.69) is 5.32 Å². The van der Waals surface area contributed by atoms with Crippen LogP contribution in [-0.4, -0.2) is 38.1 Å². The van der Waals surface area contributed by atoms with Crippen molar-refractivity contribution in [1.82, 2.24) is 0 Å². The Morgan fingerprint density at radius 2 is 2.10 bits per heavy atom. The van der Waals surface area contributed by atoms with E-state index in [0.717, 1.165) is 18.7 Å². The highest BCUT2D eigenvalue weighted by Gasteiger charge is 2.21. The lowest BCUT2D eigenvalue weighted by Crippen LogP contribution is -2.23. The summed E-state index contributed by atoms with van der Waals surface area (Å²) in [4.78, 5) is 24.9. The first-order valence-corrected chi connectivity index (χ1v) is 6.69. The lowest BCUT2D eigenvalue weighted by Gasteiger charge is -2.16. The van der Waals surface area contributed by atoms with E-state index in [1.807, 2.05) is 12.1 Å². The van der Waals surface area contributed by atoms with Gasteiger partial charge in [0.1, 0.15) is 6.61 Å². The molecule has 2 amide bonds. The number of nitrogens with one attached hydrogen (secondary N) is 1. The van der Waals surface area contributed by atoms with Crippen molar-refractivity contribution in [3.8, 4) is 0 Å². The Morgan fingerprint density at radius 3 is 2.70 bits per heavy atom. The summed E-state index contributed by atoms with van der Waals surface area (Å²) >= 11 is 0. The average molecular weight is 277 g/mol. The van der Waals surface area contributed by atoms with Crippen LogP contribution in [0.25, 0.3) is 0 Å². The van der Waals surface area contributed by atoms with Crippen LogP contribution in [-0.2, 0) is 14.3 Å². The van der Waals surface area contributed by atoms with E-state index in [9.17, 15) is 9.59 Å². The first kappa shape index (κ1) is 14.5. The highest BCUT2D eigenvalue weighted by Crippen LogP contribution is 2.22. The molecule has 0 unspecified atom stereocenters. The zero-order chi connectivity index (χ0) is 14.4. The lowest BCUT2D eigenvalue weighted by atomic mass is 10.2. The van der Waals surface area contributed by atoms with Crippen LogP contribution in [0.1, 0.15) is 12.8 Å². The second kappa shape index (κ2) is 7.02. The molecule has 1 heterocycles. The summed E-state index contributed by atoms with van der Waals surface area (Å²) < 4.78 is 5.05. The molecule has 0 bridgehead atoms. The number of nitrogens with two attached hydrogens (primary N) is 1. The fraction of sp³-hybridized carbons (Fsp3) is 0.429. The first-order valence-electron chi connectivity index (χ1n) is 6.69. The Labute approximate surface area is 117 Å². The van der Waals surface area contributed by atoms with Crippen LogP contribution < -0.4 is 16.0 Å². The summed E-state index contributed by atoms with van der Waals surface area (Å²) in [5.41, 5.74) is 6.81. The van der Waals surface area contributed by atoms with Gasteiger partial charge in [-0.3, -0.25) is 9.59 Å². The normalized spacial score (nSPS) is 14.7. The maximum Gasteiger partial charge on any atom is 0.250 e. The van der Waals surface area contributed by atoms with Crippen molar-refractivity contribution in [2.45, 2.75) is 12.8 Å². The molecule has 1 fully saturated rings. The summed E-state index contributed by atoms with van der Waals surface area (Å²) in [6.45, 7) is 1.51. The van der Waals surface area contributed by atoms with Gasteiger partial charge >= 0.3 is 0 Å². The van der Waals surface area contributed by atoms with Crippen LogP contribution in [0.3, 0.4) is 0 Å². The number of benzene rings is 1. The third-order valence-electron chi connectivity index (χ3n) is 3.03. The molecule has 1 aliphatic heterocycles. The number of hydrogen-bond acceptors (Lipinski definition) is 4. The van der Waals surface area contributed by atoms with Crippen molar-refractivity contribution in [3.05, 3.63) is 24.3 Å². The third-order valence-corrected chi connectivity index (χ3v) is 3.03. The molecule has 1 aromatic carbocycles. The number of anilines is 2. The van der Waals surface area contributed by atoms with Crippen LogP contribution in [0, 0.1) is 0 Å². The monoisotopic (exact) mass is 277 g/mol. The van der Waals surface area contributed by atoms with E-state index in [1.165, 1.54) is 0 Å². The summed E-state index contributed by atoms with van der Waals surface area (Å²) in [6.07, 6.45) is 1.51. The van der Waals surface area contributed by atoms with E-state index < -0.39 is 0 Å². The summed E-state index contributed by atoms with van der Waals surface area (Å²) in [5, 5.41) is 2.72. The number of amides is 2. The summed E-state index contributed by atoms with van der Waals surface area (Å²) in [5.74, 6) is -0.0691. The van der Waals surface area contributed by atoms with Gasteiger partial charge in [-0.2, -0.15) is 0 Å². The van der Waals surface area contributed by atoms with Gasteiger partial charge in [-0.05, 0) is 30.7 Å². The van der Waals surface area contributed by atoms with Gasteiger partial charge in [-0.25, -0.2) is 0 Å². The van der Waals surface area contributed by atoms with E-state index in [1.54, 1.807) is 17.0 Å². The molecule has 108 valence electrons. The Hall–Kier alpha value is -1.92. The maximum absolute atomic E-state index is 11.6. The smallest absolute Gasteiger partial charge is 0.250 e. The molecule has 0 radical (unpaired) electrons. The number of nitrogens with zero attached hydrogens (tertiary/aromatic N) is 1. The molecule has 0 aliphatic carbocycles. The topological polar surface area (TPSA) is 84.7 Å². The van der Waals surface area contributed by atoms with Gasteiger partial charge in [0.25, 0.3) is 0 Å². The molecule has 20 heavy (non-hydrogen) atoms. The molecule has 1 saturated heterocycles. The average Bonchev–Trinajstić information content (AvgIpc) is 2.86. The number of ether oxygens (including phenoxy) is 1. The highest BCUT2D eigenvalue weighted by atomic mass is 16.5. The number of carbonyl (C=O) groups excluding carboxylic acids is 2. The second-order valence-corrected chi connectivity index (χ2v) is 4.59. The second-order valence-electron chi connectivity index (χ2n) is 4.59. The molecule has 0 spiro atoms. The van der Waals surface area contributed by atoms with Gasteiger partial charge in [0.15, 0.2) is 0 Å². The minimum absolute atomic E-state index is 0.0104. The maximum atomic E-state index is 11.6. The number of rotatable bonds is 6. The number of carbonyl (C=O) groups is 2. The Bertz CT molecular complexity index is 473. The van der Waals surface area contributed by atoms with E-state index in [4.69, 9.17) is 10.5 Å². The van der Waals surface area contributed by atoms with Gasteiger partial charge in [0.05, 0.1) is 6.61 Å². The van der Waals surface area contributed by atoms with Crippen molar-refractivity contribution in [3.63, 3.8) is 0 Å². The van der Waals surface area contributed by atoms with Crippen LogP contribution in [0.4, 0.5) is 11.4 Å². The van der Waals surface area contributed by atoms with Crippen LogP contribution in [0.15, 0.2) is 24.3 Å². The fourth-order valence-corrected chi connectivity index (χ4v) is 2.09. The molecule has 6 nitrogen and oxygen atoms in total. The Kier molecular flexibility index (Phi) is 5.09. The van der Waals surface area contributed by atoms with Crippen molar-refractivity contribution >= 4 is 23.2 Å². The molecule has 1 aliphatic rings. The predicted molar refractivity (Wildman–Crippen MR) is 76.5 cm³/mol. The minimum atomic E-state index is -0.219. The number of hydrogen-bond donors (Lipinski definition) is 2. The SMILES string of the molecule is NCCOCC(=O)Nc1ccc(N2CCCC2=O)cc1. The minimum Gasteiger partial charge on any atom is -0.370 e. The molecule has 0 aromatic heterocycles. The van der Waals surface area contributed by atoms with E-state index in [-0.39, 0.29) is 18.4 Å². The largest absolute Gasteiger partial charge is 0.370 e. The fourth-order valence-electron chi connectivity index (χ4n) is 2.09. The predicted octanol–water partition coefficient (Wildman–Crippen LogP) is 0.727. The zero-order valence-corrected chi connectivity index (χ0v) is 11.3. The van der Waals surface area contributed by atoms with Gasteiger partial charge in [-0.15, -0.1) is 0 Å². The molecular formula is C14H19N3O3. The van der Waals surface area contributed by atoms with Crippen molar-refractivity contribution < 1.29 is 14.3 Å². The van der Waals surface area contributed by atoms with E-state index >= 15 is 0 Å². The van der Waals surface area contributed by atoms with Crippen molar-refractivity contribution in [1.29, 1.82) is 0 Å². The zero-order valence-electron chi connectivity index (χ0n) is 11.3. The molecule has 0 saturated carbocycles. The van der Waals surface area contributed by atoms with Crippen LogP contribution in [0.2, 0.25) is 0 Å².